The van der Waals surface area contributed by atoms with Crippen LogP contribution in [0.25, 0.3) is 0 Å². The van der Waals surface area contributed by atoms with Crippen molar-refractivity contribution in [2.24, 2.45) is 0 Å². The summed E-state index contributed by atoms with van der Waals surface area (Å²) < 4.78 is 5.41. The second-order valence-electron chi connectivity index (χ2n) is 4.11. The summed E-state index contributed by atoms with van der Waals surface area (Å²) in [5.41, 5.74) is 0. The molecule has 3 unspecified atom stereocenters. The number of amides is 1. The lowest BCUT2D eigenvalue weighted by molar-refractivity contribution is -0.136. The molecule has 0 aromatic carbocycles. The number of hydrogen-bond acceptors (Lipinski definition) is 4. The van der Waals surface area contributed by atoms with E-state index in [0.717, 1.165) is 19.3 Å². The molecule has 1 aliphatic heterocycles. The molecule has 2 N–H and O–H groups in total. The fraction of sp³-hybridized carbons (Fsp3) is 0.909. The van der Waals surface area contributed by atoms with Crippen molar-refractivity contribution in [3.8, 4) is 0 Å². The van der Waals surface area contributed by atoms with E-state index in [-0.39, 0.29) is 29.9 Å². The average molecular weight is 247 g/mol. The number of nitrogens with one attached hydrogen (secondary N) is 1. The van der Waals surface area contributed by atoms with Crippen LogP contribution in [0.4, 0.5) is 0 Å². The van der Waals surface area contributed by atoms with Crippen LogP contribution >= 0.6 is 11.8 Å². The minimum atomic E-state index is -0.294. The third kappa shape index (κ3) is 3.96. The van der Waals surface area contributed by atoms with E-state index in [1.54, 1.807) is 11.8 Å². The lowest BCUT2D eigenvalue weighted by Crippen LogP contribution is -2.47. The van der Waals surface area contributed by atoms with Gasteiger partial charge in [-0.1, -0.05) is 0 Å². The van der Waals surface area contributed by atoms with Gasteiger partial charge < -0.3 is 15.2 Å². The van der Waals surface area contributed by atoms with E-state index < -0.39 is 0 Å². The summed E-state index contributed by atoms with van der Waals surface area (Å²) >= 11 is 1.56. The third-order valence-electron chi connectivity index (χ3n) is 2.88. The predicted octanol–water partition coefficient (Wildman–Crippen LogP) is 0.784. The van der Waals surface area contributed by atoms with Crippen LogP contribution in [0, 0.1) is 0 Å². The number of aliphatic hydroxyl groups is 1. The second-order valence-corrected chi connectivity index (χ2v) is 5.19. The normalized spacial score (nSPS) is 24.8. The van der Waals surface area contributed by atoms with Gasteiger partial charge in [0.05, 0.1) is 6.61 Å². The molecule has 1 saturated heterocycles. The summed E-state index contributed by atoms with van der Waals surface area (Å²) in [5.74, 6) is -0.0419. The van der Waals surface area contributed by atoms with Crippen LogP contribution in [0.1, 0.15) is 26.2 Å². The van der Waals surface area contributed by atoms with Gasteiger partial charge in [0.1, 0.15) is 6.10 Å². The first-order chi connectivity index (χ1) is 7.69. The molecule has 94 valence electrons. The zero-order valence-electron chi connectivity index (χ0n) is 9.94. The van der Waals surface area contributed by atoms with E-state index in [4.69, 9.17) is 9.84 Å². The molecule has 5 heteroatoms. The molecule has 0 aliphatic carbocycles. The van der Waals surface area contributed by atoms with Gasteiger partial charge in [-0.15, -0.1) is 0 Å². The van der Waals surface area contributed by atoms with Crippen LogP contribution in [0.5, 0.6) is 0 Å². The Bertz CT molecular complexity index is 215. The molecule has 0 spiro atoms. The summed E-state index contributed by atoms with van der Waals surface area (Å²) in [6.45, 7) is 2.67. The van der Waals surface area contributed by atoms with Crippen LogP contribution in [-0.4, -0.2) is 47.9 Å². The SMILES string of the molecule is CSC(CO)C(C)NC(=O)C1CCCCO1. The van der Waals surface area contributed by atoms with Gasteiger partial charge >= 0.3 is 0 Å². The van der Waals surface area contributed by atoms with Gasteiger partial charge in [0, 0.05) is 17.9 Å². The Labute approximate surface area is 101 Å². The zero-order chi connectivity index (χ0) is 12.0. The Morgan fingerprint density at radius 1 is 1.62 bits per heavy atom. The maximum absolute atomic E-state index is 11.8. The van der Waals surface area contributed by atoms with Crippen molar-refractivity contribution >= 4 is 17.7 Å². The highest BCUT2D eigenvalue weighted by Gasteiger charge is 2.25. The number of thioether (sulfide) groups is 1. The monoisotopic (exact) mass is 247 g/mol. The first-order valence-electron chi connectivity index (χ1n) is 5.74. The van der Waals surface area contributed by atoms with Gasteiger partial charge in [-0.25, -0.2) is 0 Å². The fourth-order valence-electron chi connectivity index (χ4n) is 1.79. The summed E-state index contributed by atoms with van der Waals surface area (Å²) in [5, 5.41) is 12.1. The molecule has 1 rings (SSSR count). The minimum Gasteiger partial charge on any atom is -0.395 e. The van der Waals surface area contributed by atoms with Crippen LogP contribution in [0.3, 0.4) is 0 Å². The van der Waals surface area contributed by atoms with E-state index in [1.807, 2.05) is 13.2 Å². The van der Waals surface area contributed by atoms with E-state index >= 15 is 0 Å². The Morgan fingerprint density at radius 3 is 2.88 bits per heavy atom. The standard InChI is InChI=1S/C11H21NO3S/c1-8(10(7-13)16-2)12-11(14)9-5-3-4-6-15-9/h8-10,13H,3-7H2,1-2H3,(H,12,14). The molecule has 16 heavy (non-hydrogen) atoms. The van der Waals surface area contributed by atoms with Gasteiger partial charge in [0.25, 0.3) is 0 Å². The number of carbonyl (C=O) groups excluding carboxylic acids is 1. The summed E-state index contributed by atoms with van der Waals surface area (Å²) in [6, 6.07) is -0.0296. The van der Waals surface area contributed by atoms with Gasteiger partial charge in [0.15, 0.2) is 0 Å². The van der Waals surface area contributed by atoms with Crippen molar-refractivity contribution < 1.29 is 14.6 Å². The molecule has 4 nitrogen and oxygen atoms in total. The van der Waals surface area contributed by atoms with Crippen molar-refractivity contribution in [3.63, 3.8) is 0 Å². The molecular weight excluding hydrogens is 226 g/mol. The average Bonchev–Trinajstić information content (AvgIpc) is 2.31. The predicted molar refractivity (Wildman–Crippen MR) is 65.6 cm³/mol. The molecule has 0 saturated carbocycles. The fourth-order valence-corrected chi connectivity index (χ4v) is 2.42. The molecule has 0 radical (unpaired) electrons. The Morgan fingerprint density at radius 2 is 2.38 bits per heavy atom. The Kier molecular flexibility index (Phi) is 6.16. The van der Waals surface area contributed by atoms with Crippen LogP contribution in [0.2, 0.25) is 0 Å². The quantitative estimate of drug-likeness (QED) is 0.754. The largest absolute Gasteiger partial charge is 0.395 e. The molecule has 1 aliphatic rings. The van der Waals surface area contributed by atoms with Crippen molar-refractivity contribution in [2.75, 3.05) is 19.5 Å². The summed E-state index contributed by atoms with van der Waals surface area (Å²) in [7, 11) is 0. The van der Waals surface area contributed by atoms with Crippen LogP contribution < -0.4 is 5.32 Å². The summed E-state index contributed by atoms with van der Waals surface area (Å²) in [4.78, 5) is 11.8. The van der Waals surface area contributed by atoms with Gasteiger partial charge in [-0.3, -0.25) is 4.79 Å². The second kappa shape index (κ2) is 7.14. The van der Waals surface area contributed by atoms with Crippen molar-refractivity contribution in [2.45, 2.75) is 43.6 Å². The molecule has 1 heterocycles. The van der Waals surface area contributed by atoms with Gasteiger partial charge in [-0.2, -0.15) is 11.8 Å². The molecule has 0 aromatic rings. The molecule has 0 bridgehead atoms. The van der Waals surface area contributed by atoms with Gasteiger partial charge in [-0.05, 0) is 32.4 Å². The molecular formula is C11H21NO3S. The number of rotatable bonds is 5. The maximum atomic E-state index is 11.8. The number of carbonyl (C=O) groups is 1. The Hall–Kier alpha value is -0.260. The van der Waals surface area contributed by atoms with Crippen molar-refractivity contribution in [3.05, 3.63) is 0 Å². The lowest BCUT2D eigenvalue weighted by atomic mass is 10.1. The highest BCUT2D eigenvalue weighted by atomic mass is 32.2. The minimum absolute atomic E-state index is 0.0296. The van der Waals surface area contributed by atoms with Crippen LogP contribution in [0.15, 0.2) is 0 Å². The van der Waals surface area contributed by atoms with Crippen LogP contribution in [-0.2, 0) is 9.53 Å². The highest BCUT2D eigenvalue weighted by Crippen LogP contribution is 2.14. The van der Waals surface area contributed by atoms with E-state index in [0.29, 0.717) is 6.61 Å². The third-order valence-corrected chi connectivity index (χ3v) is 4.05. The number of aliphatic hydroxyl groups excluding tert-OH is 1. The smallest absolute Gasteiger partial charge is 0.249 e. The number of ether oxygens (including phenoxy) is 1. The maximum Gasteiger partial charge on any atom is 0.249 e. The summed E-state index contributed by atoms with van der Waals surface area (Å²) in [6.07, 6.45) is 4.54. The molecule has 3 atom stereocenters. The highest BCUT2D eigenvalue weighted by molar-refractivity contribution is 7.99. The zero-order valence-corrected chi connectivity index (χ0v) is 10.8. The van der Waals surface area contributed by atoms with Crippen molar-refractivity contribution in [1.82, 2.24) is 5.32 Å². The topological polar surface area (TPSA) is 58.6 Å². The van der Waals surface area contributed by atoms with E-state index in [1.165, 1.54) is 0 Å². The molecule has 0 aromatic heterocycles. The Balaban J connectivity index is 2.37. The lowest BCUT2D eigenvalue weighted by Gasteiger charge is -2.26. The first kappa shape index (κ1) is 13.8. The molecule has 1 fully saturated rings. The first-order valence-corrected chi connectivity index (χ1v) is 7.03. The van der Waals surface area contributed by atoms with Gasteiger partial charge in [0.2, 0.25) is 5.91 Å². The van der Waals surface area contributed by atoms with Crippen molar-refractivity contribution in [1.29, 1.82) is 0 Å². The van der Waals surface area contributed by atoms with E-state index in [2.05, 4.69) is 5.32 Å². The van der Waals surface area contributed by atoms with E-state index in [9.17, 15) is 4.79 Å². The molecule has 1 amide bonds. The number of hydrogen-bond donors (Lipinski definition) is 2.